The number of esters is 1. The number of anilines is 1. The molecule has 144 valence electrons. The molecule has 0 spiro atoms. The highest BCUT2D eigenvalue weighted by Crippen LogP contribution is 2.33. The second-order valence-electron chi connectivity index (χ2n) is 5.70. The number of hydrogen-bond acceptors (Lipinski definition) is 6. The number of carbonyl (C=O) groups excluding carboxylic acids is 3. The Labute approximate surface area is 163 Å². The van der Waals surface area contributed by atoms with Crippen molar-refractivity contribution in [3.63, 3.8) is 0 Å². The summed E-state index contributed by atoms with van der Waals surface area (Å²) in [6.45, 7) is 3.29. The number of benzene rings is 1. The topological polar surface area (TPSA) is 101 Å². The van der Waals surface area contributed by atoms with Crippen LogP contribution in [0.15, 0.2) is 35.8 Å². The number of ether oxygens (including phenoxy) is 1. The zero-order valence-electron chi connectivity index (χ0n) is 15.0. The number of thiazole rings is 1. The summed E-state index contributed by atoms with van der Waals surface area (Å²) in [6.07, 6.45) is 1.48. The van der Waals surface area contributed by atoms with Gasteiger partial charge in [0.2, 0.25) is 0 Å². The van der Waals surface area contributed by atoms with Gasteiger partial charge >= 0.3 is 5.97 Å². The quantitative estimate of drug-likeness (QED) is 0.373. The van der Waals surface area contributed by atoms with E-state index in [4.69, 9.17) is 4.74 Å². The Morgan fingerprint density at radius 2 is 2.04 bits per heavy atom. The van der Waals surface area contributed by atoms with E-state index in [2.05, 4.69) is 15.3 Å². The van der Waals surface area contributed by atoms with Gasteiger partial charge in [-0.25, -0.2) is 14.2 Å². The molecule has 3 aromatic rings. The molecule has 3 rings (SSSR count). The molecule has 1 amide bonds. The van der Waals surface area contributed by atoms with Gasteiger partial charge in [0.1, 0.15) is 11.5 Å². The van der Waals surface area contributed by atoms with E-state index in [1.165, 1.54) is 24.4 Å². The minimum atomic E-state index is -0.954. The summed E-state index contributed by atoms with van der Waals surface area (Å²) in [6, 6.07) is 5.69. The zero-order chi connectivity index (χ0) is 20.3. The maximum Gasteiger partial charge on any atom is 0.340 e. The molecule has 0 aliphatic heterocycles. The highest BCUT2D eigenvalue weighted by atomic mass is 32.1. The van der Waals surface area contributed by atoms with E-state index >= 15 is 0 Å². The number of hydrogen-bond donors (Lipinski definition) is 2. The lowest BCUT2D eigenvalue weighted by atomic mass is 9.98. The SMILES string of the molecule is CCOC(=O)c1c(C)[nH]c(C(=O)C(=O)Nc2nccs2)c1-c1ccccc1F. The lowest BCUT2D eigenvalue weighted by Gasteiger charge is -2.08. The standard InChI is InChI=1S/C19H16FN3O4S/c1-3-27-18(26)13-10(2)22-15(14(13)11-6-4-5-7-12(11)20)16(24)17(25)23-19-21-8-9-28-19/h4-9,22H,3H2,1-2H3,(H,21,23,25). The second-order valence-corrected chi connectivity index (χ2v) is 6.59. The average Bonchev–Trinajstić information content (AvgIpc) is 3.29. The Balaban J connectivity index is 2.12. The Hall–Kier alpha value is -3.33. The van der Waals surface area contributed by atoms with E-state index in [1.807, 2.05) is 0 Å². The predicted octanol–water partition coefficient (Wildman–Crippen LogP) is 3.58. The zero-order valence-corrected chi connectivity index (χ0v) is 15.9. The fraction of sp³-hybridized carbons (Fsp3) is 0.158. The molecule has 28 heavy (non-hydrogen) atoms. The number of amides is 1. The summed E-state index contributed by atoms with van der Waals surface area (Å²) in [5.74, 6) is -3.26. The molecular formula is C19H16FN3O4S. The molecule has 0 saturated carbocycles. The van der Waals surface area contributed by atoms with Crippen LogP contribution in [-0.4, -0.2) is 34.2 Å². The number of nitrogens with zero attached hydrogens (tertiary/aromatic N) is 1. The van der Waals surface area contributed by atoms with Crippen molar-refractivity contribution < 1.29 is 23.5 Å². The van der Waals surface area contributed by atoms with Crippen molar-refractivity contribution in [1.29, 1.82) is 0 Å². The van der Waals surface area contributed by atoms with Crippen molar-refractivity contribution in [2.75, 3.05) is 11.9 Å². The summed E-state index contributed by atoms with van der Waals surface area (Å²) in [5.41, 5.74) is 0.118. The van der Waals surface area contributed by atoms with Gasteiger partial charge in [0.15, 0.2) is 5.13 Å². The summed E-state index contributed by atoms with van der Waals surface area (Å²) >= 11 is 1.15. The number of nitrogens with one attached hydrogen (secondary N) is 2. The molecule has 0 fully saturated rings. The number of aromatic amines is 1. The van der Waals surface area contributed by atoms with Gasteiger partial charge in [-0.3, -0.25) is 14.9 Å². The number of H-pyrrole nitrogens is 1. The molecule has 2 aromatic heterocycles. The monoisotopic (exact) mass is 401 g/mol. The number of aromatic nitrogens is 2. The molecule has 2 heterocycles. The van der Waals surface area contributed by atoms with Gasteiger partial charge in [-0.2, -0.15) is 0 Å². The second kappa shape index (κ2) is 8.13. The lowest BCUT2D eigenvalue weighted by Crippen LogP contribution is -2.23. The van der Waals surface area contributed by atoms with E-state index in [1.54, 1.807) is 25.3 Å². The number of ketones is 1. The molecule has 0 aliphatic rings. The highest BCUT2D eigenvalue weighted by molar-refractivity contribution is 7.13. The summed E-state index contributed by atoms with van der Waals surface area (Å²) in [4.78, 5) is 44.2. The van der Waals surface area contributed by atoms with E-state index in [0.717, 1.165) is 11.3 Å². The minimum Gasteiger partial charge on any atom is -0.462 e. The molecule has 2 N–H and O–H groups in total. The number of Topliss-reactive ketones (excluding diaryl/α,β-unsaturated/α-hetero) is 1. The number of rotatable bonds is 6. The predicted molar refractivity (Wildman–Crippen MR) is 102 cm³/mol. The third-order valence-electron chi connectivity index (χ3n) is 3.90. The van der Waals surface area contributed by atoms with Crippen LogP contribution >= 0.6 is 11.3 Å². The molecule has 0 aliphatic carbocycles. The molecule has 0 bridgehead atoms. The van der Waals surface area contributed by atoms with Crippen LogP contribution in [0, 0.1) is 12.7 Å². The van der Waals surface area contributed by atoms with Crippen LogP contribution in [0.3, 0.4) is 0 Å². The Bertz CT molecular complexity index is 1040. The Morgan fingerprint density at radius 3 is 2.68 bits per heavy atom. The molecule has 7 nitrogen and oxygen atoms in total. The number of carbonyl (C=O) groups is 3. The first-order valence-corrected chi connectivity index (χ1v) is 9.21. The number of aryl methyl sites for hydroxylation is 1. The number of halogens is 1. The lowest BCUT2D eigenvalue weighted by molar-refractivity contribution is -0.112. The van der Waals surface area contributed by atoms with Gasteiger partial charge in [0.25, 0.3) is 11.7 Å². The van der Waals surface area contributed by atoms with Crippen LogP contribution < -0.4 is 5.32 Å². The van der Waals surface area contributed by atoms with E-state index < -0.39 is 23.5 Å². The normalized spacial score (nSPS) is 10.5. The molecular weight excluding hydrogens is 385 g/mol. The van der Waals surface area contributed by atoms with Crippen LogP contribution in [0.4, 0.5) is 9.52 Å². The first kappa shape index (κ1) is 19.4. The van der Waals surface area contributed by atoms with Gasteiger partial charge < -0.3 is 9.72 Å². The minimum absolute atomic E-state index is 0.00617. The van der Waals surface area contributed by atoms with E-state index in [0.29, 0.717) is 5.69 Å². The highest BCUT2D eigenvalue weighted by Gasteiger charge is 2.31. The van der Waals surface area contributed by atoms with Gasteiger partial charge in [0.05, 0.1) is 12.2 Å². The Kier molecular flexibility index (Phi) is 5.65. The fourth-order valence-electron chi connectivity index (χ4n) is 2.74. The summed E-state index contributed by atoms with van der Waals surface area (Å²) < 4.78 is 19.5. The fourth-order valence-corrected chi connectivity index (χ4v) is 3.26. The maximum absolute atomic E-state index is 14.5. The summed E-state index contributed by atoms with van der Waals surface area (Å²) in [7, 11) is 0. The van der Waals surface area contributed by atoms with E-state index in [-0.39, 0.29) is 34.1 Å². The van der Waals surface area contributed by atoms with Gasteiger partial charge in [-0.1, -0.05) is 18.2 Å². The van der Waals surface area contributed by atoms with E-state index in [9.17, 15) is 18.8 Å². The molecule has 0 atom stereocenters. The maximum atomic E-state index is 14.5. The average molecular weight is 401 g/mol. The smallest absolute Gasteiger partial charge is 0.340 e. The van der Waals surface area contributed by atoms with Crippen molar-refractivity contribution >= 4 is 34.1 Å². The van der Waals surface area contributed by atoms with Crippen molar-refractivity contribution in [2.45, 2.75) is 13.8 Å². The molecule has 0 unspecified atom stereocenters. The van der Waals surface area contributed by atoms with Crippen LogP contribution in [0.2, 0.25) is 0 Å². The molecule has 9 heteroatoms. The van der Waals surface area contributed by atoms with Crippen molar-refractivity contribution in [3.05, 3.63) is 58.6 Å². The largest absolute Gasteiger partial charge is 0.462 e. The Morgan fingerprint density at radius 1 is 1.29 bits per heavy atom. The first-order chi connectivity index (χ1) is 13.4. The van der Waals surface area contributed by atoms with Crippen LogP contribution in [0.5, 0.6) is 0 Å². The van der Waals surface area contributed by atoms with Crippen LogP contribution in [0.25, 0.3) is 11.1 Å². The van der Waals surface area contributed by atoms with Gasteiger partial charge in [0, 0.05) is 28.4 Å². The third kappa shape index (κ3) is 3.70. The van der Waals surface area contributed by atoms with Crippen LogP contribution in [-0.2, 0) is 9.53 Å². The van der Waals surface area contributed by atoms with Crippen molar-refractivity contribution in [3.8, 4) is 11.1 Å². The van der Waals surface area contributed by atoms with Gasteiger partial charge in [-0.15, -0.1) is 11.3 Å². The van der Waals surface area contributed by atoms with Crippen molar-refractivity contribution in [2.24, 2.45) is 0 Å². The third-order valence-corrected chi connectivity index (χ3v) is 4.58. The van der Waals surface area contributed by atoms with Crippen molar-refractivity contribution in [1.82, 2.24) is 9.97 Å². The summed E-state index contributed by atoms with van der Waals surface area (Å²) in [5, 5.41) is 4.28. The van der Waals surface area contributed by atoms with Gasteiger partial charge in [-0.05, 0) is 19.9 Å². The molecule has 0 saturated heterocycles. The molecule has 1 aromatic carbocycles. The molecule has 0 radical (unpaired) electrons. The first-order valence-electron chi connectivity index (χ1n) is 8.33. The van der Waals surface area contributed by atoms with Crippen LogP contribution in [0.1, 0.15) is 33.5 Å².